The molecule has 0 bridgehead atoms. The first kappa shape index (κ1) is 14.0. The number of H-pyrrole nitrogens is 1. The van der Waals surface area contributed by atoms with Crippen molar-refractivity contribution in [3.05, 3.63) is 42.0 Å². The maximum atomic E-state index is 11.2. The average Bonchev–Trinajstić information content (AvgIpc) is 2.79. The quantitative estimate of drug-likeness (QED) is 0.431. The SMILES string of the molecule is CC(=O)Nc1ccc2[nH]c(-c3ccc(O)c(N)c3)c(C)c2c1. The van der Waals surface area contributed by atoms with Gasteiger partial charge < -0.3 is 21.1 Å². The summed E-state index contributed by atoms with van der Waals surface area (Å²) in [5.41, 5.74) is 10.8. The van der Waals surface area contributed by atoms with E-state index in [1.54, 1.807) is 12.1 Å². The smallest absolute Gasteiger partial charge is 0.221 e. The zero-order chi connectivity index (χ0) is 15.9. The lowest BCUT2D eigenvalue weighted by Crippen LogP contribution is -2.05. The molecule has 0 fully saturated rings. The molecule has 5 N–H and O–H groups in total. The van der Waals surface area contributed by atoms with Crippen molar-refractivity contribution in [2.75, 3.05) is 11.1 Å². The molecule has 0 saturated heterocycles. The Balaban J connectivity index is 2.13. The molecular weight excluding hydrogens is 278 g/mol. The summed E-state index contributed by atoms with van der Waals surface area (Å²) < 4.78 is 0. The van der Waals surface area contributed by atoms with E-state index in [0.29, 0.717) is 5.69 Å². The van der Waals surface area contributed by atoms with Crippen molar-refractivity contribution in [3.8, 4) is 17.0 Å². The van der Waals surface area contributed by atoms with E-state index in [2.05, 4.69) is 10.3 Å². The predicted molar refractivity (Wildman–Crippen MR) is 88.9 cm³/mol. The number of carbonyl (C=O) groups is 1. The van der Waals surface area contributed by atoms with Crippen LogP contribution in [0.5, 0.6) is 5.75 Å². The van der Waals surface area contributed by atoms with E-state index in [1.165, 1.54) is 6.92 Å². The van der Waals surface area contributed by atoms with Gasteiger partial charge in [0, 0.05) is 34.8 Å². The highest BCUT2D eigenvalue weighted by molar-refractivity contribution is 5.96. The van der Waals surface area contributed by atoms with Crippen LogP contribution in [0, 0.1) is 6.92 Å². The average molecular weight is 295 g/mol. The van der Waals surface area contributed by atoms with Crippen LogP contribution in [0.4, 0.5) is 11.4 Å². The van der Waals surface area contributed by atoms with Crippen molar-refractivity contribution < 1.29 is 9.90 Å². The Morgan fingerprint density at radius 3 is 2.68 bits per heavy atom. The summed E-state index contributed by atoms with van der Waals surface area (Å²) in [7, 11) is 0. The Hall–Kier alpha value is -2.95. The predicted octanol–water partition coefficient (Wildman–Crippen LogP) is 3.39. The van der Waals surface area contributed by atoms with E-state index in [9.17, 15) is 9.90 Å². The number of hydrogen-bond acceptors (Lipinski definition) is 3. The number of nitrogens with one attached hydrogen (secondary N) is 2. The summed E-state index contributed by atoms with van der Waals surface area (Å²) in [4.78, 5) is 14.5. The molecular formula is C17H17N3O2. The molecule has 1 heterocycles. The number of hydrogen-bond donors (Lipinski definition) is 4. The third-order valence-electron chi connectivity index (χ3n) is 3.69. The number of nitrogens with two attached hydrogens (primary N) is 1. The van der Waals surface area contributed by atoms with Crippen LogP contribution in [0.2, 0.25) is 0 Å². The maximum absolute atomic E-state index is 11.2. The van der Waals surface area contributed by atoms with Crippen LogP contribution >= 0.6 is 0 Å². The molecule has 1 amide bonds. The molecule has 3 rings (SSSR count). The van der Waals surface area contributed by atoms with Gasteiger partial charge in [0.05, 0.1) is 5.69 Å². The number of nitrogen functional groups attached to an aromatic ring is 1. The standard InChI is InChI=1S/C17H17N3O2/c1-9-13-8-12(19-10(2)21)4-5-15(13)20-17(9)11-3-6-16(22)14(18)7-11/h3-8,20,22H,18H2,1-2H3,(H,19,21). The molecule has 112 valence electrons. The number of carbonyl (C=O) groups excluding carboxylic acids is 1. The number of fused-ring (bicyclic) bond motifs is 1. The molecule has 0 saturated carbocycles. The largest absolute Gasteiger partial charge is 0.506 e. The number of phenolic OH excluding ortho intramolecular Hbond substituents is 1. The molecule has 22 heavy (non-hydrogen) atoms. The zero-order valence-corrected chi connectivity index (χ0v) is 12.4. The van der Waals surface area contributed by atoms with E-state index >= 15 is 0 Å². The van der Waals surface area contributed by atoms with Gasteiger partial charge in [0.1, 0.15) is 5.75 Å². The molecule has 0 radical (unpaired) electrons. The van der Waals surface area contributed by atoms with Crippen molar-refractivity contribution in [3.63, 3.8) is 0 Å². The van der Waals surface area contributed by atoms with Gasteiger partial charge in [-0.3, -0.25) is 4.79 Å². The topological polar surface area (TPSA) is 91.1 Å². The first-order valence-corrected chi connectivity index (χ1v) is 6.94. The van der Waals surface area contributed by atoms with E-state index < -0.39 is 0 Å². The minimum absolute atomic E-state index is 0.0745. The van der Waals surface area contributed by atoms with Gasteiger partial charge >= 0.3 is 0 Å². The number of amides is 1. The van der Waals surface area contributed by atoms with Gasteiger partial charge in [-0.2, -0.15) is 0 Å². The number of aryl methyl sites for hydroxylation is 1. The number of rotatable bonds is 2. The highest BCUT2D eigenvalue weighted by Gasteiger charge is 2.11. The molecule has 1 aromatic heterocycles. The first-order valence-electron chi connectivity index (χ1n) is 6.94. The van der Waals surface area contributed by atoms with E-state index in [1.807, 2.05) is 31.2 Å². The summed E-state index contributed by atoms with van der Waals surface area (Å²) in [5, 5.41) is 13.4. The minimum atomic E-state index is -0.0981. The Morgan fingerprint density at radius 1 is 1.23 bits per heavy atom. The van der Waals surface area contributed by atoms with E-state index in [4.69, 9.17) is 5.73 Å². The molecule has 5 heteroatoms. The highest BCUT2D eigenvalue weighted by atomic mass is 16.3. The van der Waals surface area contributed by atoms with Gasteiger partial charge in [0.25, 0.3) is 0 Å². The van der Waals surface area contributed by atoms with Gasteiger partial charge in [-0.1, -0.05) is 0 Å². The number of aromatic nitrogens is 1. The minimum Gasteiger partial charge on any atom is -0.506 e. The molecule has 0 aliphatic rings. The van der Waals surface area contributed by atoms with Crippen molar-refractivity contribution in [2.45, 2.75) is 13.8 Å². The van der Waals surface area contributed by atoms with Crippen LogP contribution in [0.25, 0.3) is 22.2 Å². The fourth-order valence-corrected chi connectivity index (χ4v) is 2.61. The fourth-order valence-electron chi connectivity index (χ4n) is 2.61. The summed E-state index contributed by atoms with van der Waals surface area (Å²) >= 11 is 0. The molecule has 5 nitrogen and oxygen atoms in total. The molecule has 0 atom stereocenters. The molecule has 2 aromatic carbocycles. The third kappa shape index (κ3) is 2.37. The summed E-state index contributed by atoms with van der Waals surface area (Å²) in [5.74, 6) is -0.0236. The van der Waals surface area contributed by atoms with Crippen LogP contribution in [-0.4, -0.2) is 16.0 Å². The Bertz CT molecular complexity index is 881. The molecule has 3 aromatic rings. The van der Waals surface area contributed by atoms with Crippen LogP contribution in [0.15, 0.2) is 36.4 Å². The number of aromatic amines is 1. The van der Waals surface area contributed by atoms with Gasteiger partial charge in [-0.25, -0.2) is 0 Å². The van der Waals surface area contributed by atoms with Crippen LogP contribution in [0.1, 0.15) is 12.5 Å². The van der Waals surface area contributed by atoms with Crippen molar-refractivity contribution >= 4 is 28.2 Å². The van der Waals surface area contributed by atoms with Crippen LogP contribution in [-0.2, 0) is 4.79 Å². The Labute approximate surface area is 127 Å². The second-order valence-corrected chi connectivity index (χ2v) is 5.34. The van der Waals surface area contributed by atoms with Gasteiger partial charge in [-0.15, -0.1) is 0 Å². The Morgan fingerprint density at radius 2 is 2.00 bits per heavy atom. The monoisotopic (exact) mass is 295 g/mol. The summed E-state index contributed by atoms with van der Waals surface area (Å²) in [6.07, 6.45) is 0. The lowest BCUT2D eigenvalue weighted by molar-refractivity contribution is -0.114. The molecule has 0 aliphatic carbocycles. The fraction of sp³-hybridized carbons (Fsp3) is 0.118. The number of anilines is 2. The lowest BCUT2D eigenvalue weighted by Gasteiger charge is -2.04. The highest BCUT2D eigenvalue weighted by Crippen LogP contribution is 2.33. The van der Waals surface area contributed by atoms with Gasteiger partial charge in [0.15, 0.2) is 0 Å². The van der Waals surface area contributed by atoms with Gasteiger partial charge in [0.2, 0.25) is 5.91 Å². The first-order chi connectivity index (χ1) is 10.5. The van der Waals surface area contributed by atoms with Crippen LogP contribution in [0.3, 0.4) is 0 Å². The number of aromatic hydroxyl groups is 1. The summed E-state index contributed by atoms with van der Waals surface area (Å²) in [6.45, 7) is 3.49. The third-order valence-corrected chi connectivity index (χ3v) is 3.69. The maximum Gasteiger partial charge on any atom is 0.221 e. The molecule has 0 unspecified atom stereocenters. The molecule has 0 spiro atoms. The van der Waals surface area contributed by atoms with Crippen molar-refractivity contribution in [1.29, 1.82) is 0 Å². The zero-order valence-electron chi connectivity index (χ0n) is 12.4. The molecule has 0 aliphatic heterocycles. The van der Waals surface area contributed by atoms with Crippen LogP contribution < -0.4 is 11.1 Å². The lowest BCUT2D eigenvalue weighted by atomic mass is 10.1. The second kappa shape index (κ2) is 5.11. The number of phenols is 1. The summed E-state index contributed by atoms with van der Waals surface area (Å²) in [6, 6.07) is 10.9. The van der Waals surface area contributed by atoms with E-state index in [0.717, 1.165) is 33.4 Å². The van der Waals surface area contributed by atoms with Crippen molar-refractivity contribution in [2.24, 2.45) is 0 Å². The second-order valence-electron chi connectivity index (χ2n) is 5.34. The van der Waals surface area contributed by atoms with Gasteiger partial charge in [-0.05, 0) is 48.9 Å². The normalized spacial score (nSPS) is 10.8. The Kier molecular flexibility index (Phi) is 3.25. The number of benzene rings is 2. The van der Waals surface area contributed by atoms with Crippen molar-refractivity contribution in [1.82, 2.24) is 4.98 Å². The van der Waals surface area contributed by atoms with E-state index in [-0.39, 0.29) is 11.7 Å².